The van der Waals surface area contributed by atoms with Crippen LogP contribution in [0.5, 0.6) is 17.2 Å². The van der Waals surface area contributed by atoms with Crippen LogP contribution in [0, 0.1) is 5.92 Å². The zero-order valence-electron chi connectivity index (χ0n) is 29.3. The number of halogens is 8. The van der Waals surface area contributed by atoms with Gasteiger partial charge in [-0.15, -0.1) is 0 Å². The van der Waals surface area contributed by atoms with E-state index in [9.17, 15) is 27.8 Å². The Labute approximate surface area is 330 Å². The molecule has 2 fully saturated rings. The lowest BCUT2D eigenvalue weighted by Gasteiger charge is -2.17. The molecule has 0 radical (unpaired) electrons. The molecule has 4 aromatic rings. The van der Waals surface area contributed by atoms with Crippen molar-refractivity contribution in [1.82, 2.24) is 0 Å². The molecular weight excluding hydrogens is 798 g/mol. The number of aromatic nitrogens is 2. The van der Waals surface area contributed by atoms with Gasteiger partial charge in [0.15, 0.2) is 36.3 Å². The fourth-order valence-electron chi connectivity index (χ4n) is 5.44. The van der Waals surface area contributed by atoms with Crippen LogP contribution in [-0.2, 0) is 38.3 Å². The number of hydrogen-bond donors (Lipinski definition) is 2. The Morgan fingerprint density at radius 1 is 0.667 bits per heavy atom. The van der Waals surface area contributed by atoms with Crippen molar-refractivity contribution in [3.63, 3.8) is 0 Å². The number of rotatable bonds is 16. The van der Waals surface area contributed by atoms with Gasteiger partial charge in [-0.3, -0.25) is 0 Å². The highest BCUT2D eigenvalue weighted by atomic mass is 35.5. The van der Waals surface area contributed by atoms with E-state index >= 15 is 0 Å². The second-order valence-corrected chi connectivity index (χ2v) is 14.9. The van der Waals surface area contributed by atoms with Crippen molar-refractivity contribution in [2.45, 2.75) is 76.7 Å². The average Bonchev–Trinajstić information content (AvgIpc) is 4.03. The fourth-order valence-corrected chi connectivity index (χ4v) is 6.87. The van der Waals surface area contributed by atoms with Crippen LogP contribution in [0.1, 0.15) is 65.7 Å². The van der Waals surface area contributed by atoms with E-state index in [4.69, 9.17) is 55.9 Å². The van der Waals surface area contributed by atoms with Gasteiger partial charge in [-0.25, -0.2) is 9.13 Å². The predicted octanol–water partition coefficient (Wildman–Crippen LogP) is 8.86. The normalized spacial score (nSPS) is 15.1. The first-order valence-corrected chi connectivity index (χ1v) is 18.6. The van der Waals surface area contributed by atoms with Crippen LogP contribution >= 0.6 is 46.4 Å². The third kappa shape index (κ3) is 12.5. The van der Waals surface area contributed by atoms with Crippen LogP contribution in [0.4, 0.5) is 17.6 Å². The maximum atomic E-state index is 12.6. The van der Waals surface area contributed by atoms with Gasteiger partial charge in [0.25, 0.3) is 0 Å². The quantitative estimate of drug-likeness (QED) is 0.0867. The smallest absolute Gasteiger partial charge is 0.387 e. The average molecular weight is 839 g/mol. The van der Waals surface area contributed by atoms with Crippen LogP contribution in [0.3, 0.4) is 0 Å². The number of ether oxygens (including phenoxy) is 4. The molecule has 0 amide bonds. The molecule has 8 nitrogen and oxygen atoms in total. The van der Waals surface area contributed by atoms with Gasteiger partial charge in [-0.2, -0.15) is 17.6 Å². The molecule has 16 heteroatoms. The molecule has 292 valence electrons. The van der Waals surface area contributed by atoms with E-state index in [0.717, 1.165) is 25.7 Å². The highest BCUT2D eigenvalue weighted by molar-refractivity contribution is 6.36. The number of hydrogen-bond acceptors (Lipinski definition) is 6. The van der Waals surface area contributed by atoms with Crippen molar-refractivity contribution in [3.8, 4) is 17.2 Å². The van der Waals surface area contributed by atoms with Crippen molar-refractivity contribution >= 4 is 46.4 Å². The second-order valence-electron chi connectivity index (χ2n) is 13.2. The molecule has 6 rings (SSSR count). The van der Waals surface area contributed by atoms with Crippen molar-refractivity contribution < 1.29 is 55.9 Å². The third-order valence-electron chi connectivity index (χ3n) is 8.64. The predicted molar refractivity (Wildman–Crippen MR) is 195 cm³/mol. The monoisotopic (exact) mass is 836 g/mol. The molecule has 0 aliphatic heterocycles. The van der Waals surface area contributed by atoms with Crippen LogP contribution in [0.2, 0.25) is 20.1 Å². The Balaban J connectivity index is 0.000000208. The number of benzene rings is 2. The first-order valence-electron chi connectivity index (χ1n) is 17.1. The van der Waals surface area contributed by atoms with E-state index in [1.165, 1.54) is 24.3 Å². The van der Waals surface area contributed by atoms with Gasteiger partial charge in [0.2, 0.25) is 0 Å². The Morgan fingerprint density at radius 3 is 1.59 bits per heavy atom. The van der Waals surface area contributed by atoms with Gasteiger partial charge in [0, 0.05) is 29.5 Å². The molecule has 0 unspecified atom stereocenters. The summed E-state index contributed by atoms with van der Waals surface area (Å²) in [6.07, 6.45) is 9.54. The summed E-state index contributed by atoms with van der Waals surface area (Å²) in [5.41, 5.74) is 2.74. The Kier molecular flexibility index (Phi) is 14.9. The van der Waals surface area contributed by atoms with E-state index in [1.807, 2.05) is 0 Å². The highest BCUT2D eigenvalue weighted by Crippen LogP contribution is 2.37. The zero-order chi connectivity index (χ0) is 39.1. The minimum atomic E-state index is -2.95. The maximum absolute atomic E-state index is 12.6. The van der Waals surface area contributed by atoms with Crippen LogP contribution < -0.4 is 23.3 Å². The Morgan fingerprint density at radius 2 is 1.13 bits per heavy atom. The fraction of sp³-hybridized carbons (Fsp3) is 0.421. The summed E-state index contributed by atoms with van der Waals surface area (Å²) in [6, 6.07) is 9.02. The van der Waals surface area contributed by atoms with Gasteiger partial charge in [-0.1, -0.05) is 58.5 Å². The molecule has 0 spiro atoms. The molecule has 54 heavy (non-hydrogen) atoms. The van der Waals surface area contributed by atoms with Crippen molar-refractivity contribution in [1.29, 1.82) is 0 Å². The third-order valence-corrected chi connectivity index (χ3v) is 9.94. The van der Waals surface area contributed by atoms with Crippen LogP contribution in [0.25, 0.3) is 0 Å². The lowest BCUT2D eigenvalue weighted by Crippen LogP contribution is -2.27. The van der Waals surface area contributed by atoms with Crippen molar-refractivity contribution in [3.05, 3.63) is 109 Å². The van der Waals surface area contributed by atoms with Crippen molar-refractivity contribution in [2.75, 3.05) is 6.61 Å². The van der Waals surface area contributed by atoms with E-state index in [-0.39, 0.29) is 42.8 Å². The Bertz CT molecular complexity index is 1720. The van der Waals surface area contributed by atoms with E-state index in [1.54, 1.807) is 60.1 Å². The molecule has 2 atom stereocenters. The van der Waals surface area contributed by atoms with Crippen LogP contribution in [-0.4, -0.2) is 36.1 Å². The SMILES string of the molecule is C[n+]1cc(Cl)c(C[C@H](O)c2ccc(OC(F)F)c(COC3CC3)c2)c(Cl)c1.C[n+]1cc(Cl)c(C[C@H](O)c2ccc(OC(F)F)c(OCC3CC3)c2)c(Cl)c1. The molecule has 2 aliphatic carbocycles. The molecular formula is C38H40Cl4F4N2O6+2. The summed E-state index contributed by atoms with van der Waals surface area (Å²) in [4.78, 5) is 0. The number of aliphatic hydroxyl groups excluding tert-OH is 2. The molecule has 2 heterocycles. The maximum Gasteiger partial charge on any atom is 0.387 e. The summed E-state index contributed by atoms with van der Waals surface area (Å²) < 4.78 is 74.3. The Hall–Kier alpha value is -3.10. The minimum Gasteiger partial charge on any atom is -0.489 e. The molecule has 0 saturated heterocycles. The van der Waals surface area contributed by atoms with E-state index in [2.05, 4.69) is 9.47 Å². The van der Waals surface area contributed by atoms with Gasteiger partial charge >= 0.3 is 13.2 Å². The number of alkyl halides is 4. The van der Waals surface area contributed by atoms with Gasteiger partial charge in [0.1, 0.15) is 39.9 Å². The topological polar surface area (TPSA) is 85.1 Å². The first kappa shape index (κ1) is 42.1. The van der Waals surface area contributed by atoms with E-state index in [0.29, 0.717) is 60.4 Å². The number of nitrogens with zero attached hydrogens (tertiary/aromatic N) is 2. The largest absolute Gasteiger partial charge is 0.489 e. The lowest BCUT2D eigenvalue weighted by molar-refractivity contribution is -0.671. The number of pyridine rings is 2. The zero-order valence-corrected chi connectivity index (χ0v) is 32.4. The summed E-state index contributed by atoms with van der Waals surface area (Å²) in [5, 5.41) is 23.0. The first-order chi connectivity index (χ1) is 25.7. The molecule has 2 aromatic heterocycles. The van der Waals surface area contributed by atoms with Crippen molar-refractivity contribution in [2.24, 2.45) is 20.0 Å². The number of aliphatic hydroxyl groups is 2. The molecule has 2 N–H and O–H groups in total. The van der Waals surface area contributed by atoms with Gasteiger partial charge in [0.05, 0.1) is 31.5 Å². The lowest BCUT2D eigenvalue weighted by atomic mass is 10.00. The molecule has 0 bridgehead atoms. The summed E-state index contributed by atoms with van der Waals surface area (Å²) in [7, 11) is 3.59. The van der Waals surface area contributed by atoms with Gasteiger partial charge in [-0.05, 0) is 67.0 Å². The van der Waals surface area contributed by atoms with E-state index < -0.39 is 25.4 Å². The summed E-state index contributed by atoms with van der Waals surface area (Å²) in [5.74, 6) is 0.629. The summed E-state index contributed by atoms with van der Waals surface area (Å²) in [6.45, 7) is -5.29. The minimum absolute atomic E-state index is 0.0457. The molecule has 2 saturated carbocycles. The number of aryl methyl sites for hydroxylation is 2. The molecule has 2 aromatic carbocycles. The van der Waals surface area contributed by atoms with Gasteiger partial charge < -0.3 is 29.2 Å². The highest BCUT2D eigenvalue weighted by Gasteiger charge is 2.26. The second kappa shape index (κ2) is 19.2. The standard InChI is InChI=1S/2C19H20Cl2F2NO3/c1-24-8-15(20)14(16(21)9-24)7-17(25)11-2-5-18(27-19(22)23)12(6-11)10-26-13-3-4-13;1-24-8-14(20)13(15(21)9-24)7-16(25)12-4-5-17(27-19(22)23)18(6-12)26-10-11-2-3-11/h2,5-6,8-9,13,17,19,25H,3-4,7,10H2,1H3;4-6,8-9,11,16,19,25H,2-3,7,10H2,1H3/q2*+1/t17-;16-/m00/s1. The summed E-state index contributed by atoms with van der Waals surface area (Å²) >= 11 is 24.9. The molecule has 2 aliphatic rings. The van der Waals surface area contributed by atoms with Crippen LogP contribution in [0.15, 0.2) is 61.2 Å².